The second-order valence-corrected chi connectivity index (χ2v) is 5.44. The normalized spacial score (nSPS) is 11.3. The summed E-state index contributed by atoms with van der Waals surface area (Å²) < 4.78 is 0. The number of nitro groups is 1. The van der Waals surface area contributed by atoms with Gasteiger partial charge in [-0.2, -0.15) is 0 Å². The van der Waals surface area contributed by atoms with Crippen molar-refractivity contribution in [2.45, 2.75) is 31.0 Å². The summed E-state index contributed by atoms with van der Waals surface area (Å²) in [5.41, 5.74) is -0.0143. The summed E-state index contributed by atoms with van der Waals surface area (Å²) in [5, 5.41) is 19.9. The van der Waals surface area contributed by atoms with Gasteiger partial charge in [0.1, 0.15) is 11.2 Å². The Morgan fingerprint density at radius 3 is 2.59 bits per heavy atom. The monoisotopic (exact) mass is 276 g/mol. The van der Waals surface area contributed by atoms with Crippen LogP contribution in [0.1, 0.15) is 20.8 Å². The Labute approximate surface area is 109 Å². The summed E-state index contributed by atoms with van der Waals surface area (Å²) in [6.07, 6.45) is 1.23. The molecule has 7 heteroatoms. The summed E-state index contributed by atoms with van der Waals surface area (Å²) >= 11 is 0. The van der Waals surface area contributed by atoms with Crippen molar-refractivity contribution in [3.05, 3.63) is 28.4 Å². The van der Waals surface area contributed by atoms with Crippen molar-refractivity contribution in [1.29, 1.82) is 0 Å². The zero-order chi connectivity index (χ0) is 13.3. The number of aromatic nitrogens is 1. The van der Waals surface area contributed by atoms with Gasteiger partial charge in [0.15, 0.2) is 0 Å². The van der Waals surface area contributed by atoms with E-state index in [4.69, 9.17) is 5.11 Å². The Bertz CT molecular complexity index is 333. The Hall–Kier alpha value is -0.790. The minimum absolute atomic E-state index is 0.0143. The molecule has 0 aromatic carbocycles. The van der Waals surface area contributed by atoms with Gasteiger partial charge in [-0.05, 0) is 16.9 Å². The third-order valence-corrected chi connectivity index (χ3v) is 4.26. The van der Waals surface area contributed by atoms with Crippen molar-refractivity contribution in [2.75, 3.05) is 6.61 Å². The van der Waals surface area contributed by atoms with Crippen LogP contribution in [-0.2, 0) is 0 Å². The van der Waals surface area contributed by atoms with Crippen LogP contribution in [0, 0.1) is 10.1 Å². The van der Waals surface area contributed by atoms with Crippen LogP contribution in [0.2, 0.25) is 0 Å². The van der Waals surface area contributed by atoms with E-state index in [-0.39, 0.29) is 17.5 Å². The Kier molecular flexibility index (Phi) is 8.83. The molecule has 0 radical (unpaired) electrons. The zero-order valence-electron chi connectivity index (χ0n) is 9.99. The second kappa shape index (κ2) is 9.26. The molecule has 0 saturated carbocycles. The van der Waals surface area contributed by atoms with Crippen LogP contribution in [-0.4, -0.2) is 26.9 Å². The van der Waals surface area contributed by atoms with E-state index < -0.39 is 4.92 Å². The molecule has 1 rings (SSSR count). The van der Waals surface area contributed by atoms with Gasteiger partial charge in [-0.15, -0.1) is 0 Å². The Balaban J connectivity index is 0.00000121. The number of aliphatic hydroxyl groups excluding tert-OH is 1. The lowest BCUT2D eigenvalue weighted by atomic mass is 10.4. The summed E-state index contributed by atoms with van der Waals surface area (Å²) in [4.78, 5) is 13.8. The Morgan fingerprint density at radius 2 is 2.18 bits per heavy atom. The highest BCUT2D eigenvalue weighted by atomic mass is 33.1. The molecule has 1 heterocycles. The molecule has 1 atom stereocenters. The van der Waals surface area contributed by atoms with Gasteiger partial charge < -0.3 is 5.11 Å². The number of pyridine rings is 1. The molecule has 0 unspecified atom stereocenters. The van der Waals surface area contributed by atoms with Crippen LogP contribution in [0.4, 0.5) is 5.69 Å². The van der Waals surface area contributed by atoms with E-state index in [0.29, 0.717) is 5.03 Å². The van der Waals surface area contributed by atoms with Gasteiger partial charge in [-0.1, -0.05) is 31.6 Å². The lowest BCUT2D eigenvalue weighted by Crippen LogP contribution is -1.99. The van der Waals surface area contributed by atoms with Gasteiger partial charge in [0.25, 0.3) is 5.69 Å². The van der Waals surface area contributed by atoms with Gasteiger partial charge in [0.2, 0.25) is 0 Å². The minimum Gasteiger partial charge on any atom is -0.395 e. The first-order valence-electron chi connectivity index (χ1n) is 5.18. The molecule has 5 nitrogen and oxygen atoms in total. The molecule has 0 fully saturated rings. The fourth-order valence-corrected chi connectivity index (χ4v) is 2.50. The van der Waals surface area contributed by atoms with E-state index in [1.165, 1.54) is 33.9 Å². The highest BCUT2D eigenvalue weighted by Gasteiger charge is 2.07. The second-order valence-electron chi connectivity index (χ2n) is 2.78. The first-order chi connectivity index (χ1) is 8.13. The SMILES string of the molecule is CC.C[C@H](CO)SSc1ccc([N+](=O)[O-])cn1. The third kappa shape index (κ3) is 6.50. The van der Waals surface area contributed by atoms with E-state index in [2.05, 4.69) is 4.98 Å². The summed E-state index contributed by atoms with van der Waals surface area (Å²) in [6.45, 7) is 5.99. The molecule has 0 spiro atoms. The van der Waals surface area contributed by atoms with E-state index in [1.807, 2.05) is 20.8 Å². The highest BCUT2D eigenvalue weighted by molar-refractivity contribution is 8.76. The summed E-state index contributed by atoms with van der Waals surface area (Å²) in [5.74, 6) is 0. The molecule has 0 aliphatic carbocycles. The molecule has 0 bridgehead atoms. The molecule has 1 aromatic heterocycles. The van der Waals surface area contributed by atoms with Gasteiger partial charge in [0, 0.05) is 11.3 Å². The van der Waals surface area contributed by atoms with Crippen LogP contribution in [0.3, 0.4) is 0 Å². The third-order valence-electron chi connectivity index (χ3n) is 1.49. The first-order valence-corrected chi connectivity index (χ1v) is 7.39. The van der Waals surface area contributed by atoms with Crippen molar-refractivity contribution in [2.24, 2.45) is 0 Å². The molecule has 1 aromatic rings. The van der Waals surface area contributed by atoms with Gasteiger partial charge in [-0.3, -0.25) is 10.1 Å². The topological polar surface area (TPSA) is 76.3 Å². The standard InChI is InChI=1S/C8H10N2O3S2.C2H6/c1-6(5-11)14-15-8-3-2-7(4-9-8)10(12)13;1-2/h2-4,6,11H,5H2,1H3;1-2H3/t6-;/m1./s1. The van der Waals surface area contributed by atoms with Crippen molar-refractivity contribution >= 4 is 27.3 Å². The molecule has 17 heavy (non-hydrogen) atoms. The highest BCUT2D eigenvalue weighted by Crippen LogP contribution is 2.33. The van der Waals surface area contributed by atoms with Crippen LogP contribution in [0.5, 0.6) is 0 Å². The van der Waals surface area contributed by atoms with Gasteiger partial charge in [-0.25, -0.2) is 4.98 Å². The molecule has 0 aliphatic rings. The molecule has 1 N–H and O–H groups in total. The summed E-state index contributed by atoms with van der Waals surface area (Å²) in [7, 11) is 2.87. The predicted molar refractivity (Wildman–Crippen MR) is 72.2 cm³/mol. The molecule has 0 amide bonds. The summed E-state index contributed by atoms with van der Waals surface area (Å²) in [6, 6.07) is 3.01. The maximum absolute atomic E-state index is 10.3. The van der Waals surface area contributed by atoms with Gasteiger partial charge >= 0.3 is 0 Å². The maximum Gasteiger partial charge on any atom is 0.287 e. The number of nitrogens with zero attached hydrogens (tertiary/aromatic N) is 2. The fourth-order valence-electron chi connectivity index (χ4n) is 0.692. The number of hydrogen-bond acceptors (Lipinski definition) is 6. The van der Waals surface area contributed by atoms with E-state index in [1.54, 1.807) is 6.07 Å². The van der Waals surface area contributed by atoms with Crippen molar-refractivity contribution in [1.82, 2.24) is 4.98 Å². The van der Waals surface area contributed by atoms with Crippen molar-refractivity contribution in [3.63, 3.8) is 0 Å². The zero-order valence-corrected chi connectivity index (χ0v) is 11.6. The quantitative estimate of drug-likeness (QED) is 0.506. The van der Waals surface area contributed by atoms with E-state index in [0.717, 1.165) is 0 Å². The smallest absolute Gasteiger partial charge is 0.287 e. The number of aliphatic hydroxyl groups is 1. The van der Waals surface area contributed by atoms with Crippen LogP contribution in [0.15, 0.2) is 23.4 Å². The lowest BCUT2D eigenvalue weighted by Gasteiger charge is -2.04. The molecule has 96 valence electrons. The average molecular weight is 276 g/mol. The average Bonchev–Trinajstić information content (AvgIpc) is 2.38. The van der Waals surface area contributed by atoms with Crippen LogP contribution < -0.4 is 0 Å². The molecule has 0 saturated heterocycles. The first kappa shape index (κ1) is 16.2. The largest absolute Gasteiger partial charge is 0.395 e. The van der Waals surface area contributed by atoms with Crippen molar-refractivity contribution < 1.29 is 10.0 Å². The number of rotatable bonds is 5. The van der Waals surface area contributed by atoms with Crippen LogP contribution >= 0.6 is 21.6 Å². The predicted octanol–water partition coefficient (Wildman–Crippen LogP) is 3.14. The van der Waals surface area contributed by atoms with E-state index >= 15 is 0 Å². The van der Waals surface area contributed by atoms with E-state index in [9.17, 15) is 10.1 Å². The fraction of sp³-hybridized carbons (Fsp3) is 0.500. The molecular formula is C10H16N2O3S2. The van der Waals surface area contributed by atoms with Crippen LogP contribution in [0.25, 0.3) is 0 Å². The van der Waals surface area contributed by atoms with Crippen molar-refractivity contribution in [3.8, 4) is 0 Å². The number of hydrogen-bond donors (Lipinski definition) is 1. The molecular weight excluding hydrogens is 260 g/mol. The minimum atomic E-state index is -0.481. The Morgan fingerprint density at radius 1 is 1.53 bits per heavy atom. The maximum atomic E-state index is 10.3. The van der Waals surface area contributed by atoms with Gasteiger partial charge in [0.05, 0.1) is 11.5 Å². The lowest BCUT2D eigenvalue weighted by molar-refractivity contribution is -0.385. The molecule has 0 aliphatic heterocycles.